The van der Waals surface area contributed by atoms with Gasteiger partial charge in [-0.1, -0.05) is 56.5 Å². The molecule has 0 aliphatic heterocycles. The zero-order valence-electron chi connectivity index (χ0n) is 9.78. The van der Waals surface area contributed by atoms with E-state index in [1.54, 1.807) is 0 Å². The molecule has 1 rings (SSSR count). The number of nitrogens with two attached hydrogens (primary N) is 1. The van der Waals surface area contributed by atoms with Crippen LogP contribution in [-0.2, 0) is 0 Å². The van der Waals surface area contributed by atoms with Crippen molar-refractivity contribution in [3.05, 3.63) is 35.9 Å². The molecule has 0 aliphatic carbocycles. The third-order valence-electron chi connectivity index (χ3n) is 2.61. The lowest BCUT2D eigenvalue weighted by molar-refractivity contribution is 0.543. The number of unbranched alkanes of at least 4 members (excludes halogenated alkanes) is 2. The van der Waals surface area contributed by atoms with Crippen LogP contribution in [0.3, 0.4) is 0 Å². The zero-order chi connectivity index (χ0) is 11.8. The minimum atomic E-state index is 0.255. The van der Waals surface area contributed by atoms with Crippen molar-refractivity contribution in [1.29, 1.82) is 0 Å². The van der Waals surface area contributed by atoms with Crippen molar-refractivity contribution in [2.45, 2.75) is 38.6 Å². The van der Waals surface area contributed by atoms with E-state index in [-0.39, 0.29) is 6.04 Å². The number of hydrogen-bond donors (Lipinski definition) is 2. The molecule has 1 aromatic carbocycles. The van der Waals surface area contributed by atoms with Gasteiger partial charge in [-0.05, 0) is 24.2 Å². The smallest absolute Gasteiger partial charge is 0.164 e. The topological polar surface area (TPSA) is 38.0 Å². The van der Waals surface area contributed by atoms with Gasteiger partial charge in [-0.2, -0.15) is 0 Å². The Morgan fingerprint density at radius 2 is 2.00 bits per heavy atom. The Morgan fingerprint density at radius 3 is 2.56 bits per heavy atom. The molecular formula is C13H20N2S. The predicted octanol–water partition coefficient (Wildman–Crippen LogP) is 3.14. The molecule has 0 bridgehead atoms. The van der Waals surface area contributed by atoms with Crippen LogP contribution in [0.1, 0.15) is 44.2 Å². The van der Waals surface area contributed by atoms with Crippen LogP contribution in [0, 0.1) is 0 Å². The molecule has 88 valence electrons. The Kier molecular flexibility index (Phi) is 5.86. The first-order valence-electron chi connectivity index (χ1n) is 5.85. The second kappa shape index (κ2) is 7.23. The van der Waals surface area contributed by atoms with E-state index in [4.69, 9.17) is 18.0 Å². The second-order valence-electron chi connectivity index (χ2n) is 3.97. The van der Waals surface area contributed by atoms with E-state index in [0.29, 0.717) is 5.11 Å². The van der Waals surface area contributed by atoms with Crippen molar-refractivity contribution in [3.8, 4) is 0 Å². The summed E-state index contributed by atoms with van der Waals surface area (Å²) in [6.07, 6.45) is 4.76. The summed E-state index contributed by atoms with van der Waals surface area (Å²) in [5.41, 5.74) is 6.81. The highest BCUT2D eigenvalue weighted by Gasteiger charge is 2.10. The van der Waals surface area contributed by atoms with Gasteiger partial charge in [0.05, 0.1) is 6.04 Å². The maximum atomic E-state index is 5.56. The number of rotatable bonds is 6. The summed E-state index contributed by atoms with van der Waals surface area (Å²) in [4.78, 5) is 0. The predicted molar refractivity (Wildman–Crippen MR) is 73.2 cm³/mol. The third kappa shape index (κ3) is 4.62. The molecule has 3 heteroatoms. The van der Waals surface area contributed by atoms with Crippen molar-refractivity contribution >= 4 is 17.3 Å². The average Bonchev–Trinajstić information content (AvgIpc) is 2.29. The van der Waals surface area contributed by atoms with E-state index in [0.717, 1.165) is 6.42 Å². The first-order valence-corrected chi connectivity index (χ1v) is 6.25. The molecule has 0 saturated heterocycles. The number of nitrogens with one attached hydrogen (secondary N) is 1. The van der Waals surface area contributed by atoms with Crippen LogP contribution >= 0.6 is 12.2 Å². The number of benzene rings is 1. The third-order valence-corrected chi connectivity index (χ3v) is 2.73. The number of thiocarbonyl (C=S) groups is 1. The van der Waals surface area contributed by atoms with Crippen LogP contribution in [0.4, 0.5) is 0 Å². The van der Waals surface area contributed by atoms with E-state index in [1.165, 1.54) is 24.8 Å². The van der Waals surface area contributed by atoms with Crippen LogP contribution < -0.4 is 11.1 Å². The summed E-state index contributed by atoms with van der Waals surface area (Å²) in [5.74, 6) is 0. The molecule has 1 aromatic rings. The van der Waals surface area contributed by atoms with Crippen molar-refractivity contribution in [2.75, 3.05) is 0 Å². The second-order valence-corrected chi connectivity index (χ2v) is 4.41. The zero-order valence-corrected chi connectivity index (χ0v) is 10.6. The molecule has 0 heterocycles. The summed E-state index contributed by atoms with van der Waals surface area (Å²) < 4.78 is 0. The minimum absolute atomic E-state index is 0.255. The fourth-order valence-corrected chi connectivity index (χ4v) is 1.92. The molecule has 3 N–H and O–H groups in total. The molecule has 0 amide bonds. The van der Waals surface area contributed by atoms with Crippen LogP contribution in [0.2, 0.25) is 0 Å². The lowest BCUT2D eigenvalue weighted by Crippen LogP contribution is -2.32. The summed E-state index contributed by atoms with van der Waals surface area (Å²) in [5, 5.41) is 3.54. The van der Waals surface area contributed by atoms with Gasteiger partial charge < -0.3 is 11.1 Å². The Bertz CT molecular complexity index is 311. The first-order chi connectivity index (χ1) is 7.74. The largest absolute Gasteiger partial charge is 0.376 e. The Morgan fingerprint density at radius 1 is 1.31 bits per heavy atom. The molecule has 0 aromatic heterocycles. The SMILES string of the molecule is CCCCCC(NC(N)=S)c1ccccc1. The maximum absolute atomic E-state index is 5.56. The lowest BCUT2D eigenvalue weighted by atomic mass is 10.0. The maximum Gasteiger partial charge on any atom is 0.164 e. The van der Waals surface area contributed by atoms with E-state index in [1.807, 2.05) is 18.2 Å². The lowest BCUT2D eigenvalue weighted by Gasteiger charge is -2.19. The Labute approximate surface area is 103 Å². The fourth-order valence-electron chi connectivity index (χ4n) is 1.78. The van der Waals surface area contributed by atoms with Gasteiger partial charge in [0.2, 0.25) is 0 Å². The van der Waals surface area contributed by atoms with Gasteiger partial charge in [-0.15, -0.1) is 0 Å². The Balaban J connectivity index is 2.60. The molecule has 16 heavy (non-hydrogen) atoms. The van der Waals surface area contributed by atoms with Gasteiger partial charge in [0.15, 0.2) is 5.11 Å². The van der Waals surface area contributed by atoms with Crippen LogP contribution in [-0.4, -0.2) is 5.11 Å². The summed E-state index contributed by atoms with van der Waals surface area (Å²) in [6, 6.07) is 10.6. The van der Waals surface area contributed by atoms with E-state index >= 15 is 0 Å². The summed E-state index contributed by atoms with van der Waals surface area (Å²) in [7, 11) is 0. The number of hydrogen-bond acceptors (Lipinski definition) is 1. The molecular weight excluding hydrogens is 216 g/mol. The van der Waals surface area contributed by atoms with Gasteiger partial charge in [-0.3, -0.25) is 0 Å². The first kappa shape index (κ1) is 13.0. The van der Waals surface area contributed by atoms with Crippen LogP contribution in [0.25, 0.3) is 0 Å². The summed E-state index contributed by atoms with van der Waals surface area (Å²) in [6.45, 7) is 2.21. The quantitative estimate of drug-likeness (QED) is 0.588. The van der Waals surface area contributed by atoms with Crippen LogP contribution in [0.15, 0.2) is 30.3 Å². The molecule has 0 aliphatic rings. The Hall–Kier alpha value is -1.09. The average molecular weight is 236 g/mol. The monoisotopic (exact) mass is 236 g/mol. The standard InChI is InChI=1S/C13H20N2S/c1-2-3-5-10-12(15-13(14)16)11-8-6-4-7-9-11/h4,6-9,12H,2-3,5,10H2,1H3,(H3,14,15,16). The van der Waals surface area contributed by atoms with Crippen LogP contribution in [0.5, 0.6) is 0 Å². The molecule has 0 spiro atoms. The van der Waals surface area contributed by atoms with E-state index < -0.39 is 0 Å². The van der Waals surface area contributed by atoms with Gasteiger partial charge >= 0.3 is 0 Å². The molecule has 1 unspecified atom stereocenters. The highest BCUT2D eigenvalue weighted by Crippen LogP contribution is 2.19. The van der Waals surface area contributed by atoms with Crippen molar-refractivity contribution in [1.82, 2.24) is 5.32 Å². The van der Waals surface area contributed by atoms with Gasteiger partial charge in [0.1, 0.15) is 0 Å². The van der Waals surface area contributed by atoms with E-state index in [2.05, 4.69) is 24.4 Å². The molecule has 0 radical (unpaired) electrons. The highest BCUT2D eigenvalue weighted by atomic mass is 32.1. The van der Waals surface area contributed by atoms with Gasteiger partial charge in [0, 0.05) is 0 Å². The normalized spacial score (nSPS) is 12.1. The molecule has 1 atom stereocenters. The molecule has 0 saturated carbocycles. The molecule has 0 fully saturated rings. The van der Waals surface area contributed by atoms with Crippen molar-refractivity contribution in [3.63, 3.8) is 0 Å². The fraction of sp³-hybridized carbons (Fsp3) is 0.462. The van der Waals surface area contributed by atoms with Crippen molar-refractivity contribution in [2.24, 2.45) is 5.73 Å². The summed E-state index contributed by atoms with van der Waals surface area (Å²) >= 11 is 4.92. The van der Waals surface area contributed by atoms with E-state index in [9.17, 15) is 0 Å². The minimum Gasteiger partial charge on any atom is -0.376 e. The van der Waals surface area contributed by atoms with Gasteiger partial charge in [0.25, 0.3) is 0 Å². The van der Waals surface area contributed by atoms with Gasteiger partial charge in [-0.25, -0.2) is 0 Å². The van der Waals surface area contributed by atoms with Crippen molar-refractivity contribution < 1.29 is 0 Å². The molecule has 2 nitrogen and oxygen atoms in total. The highest BCUT2D eigenvalue weighted by molar-refractivity contribution is 7.80.